The Balaban J connectivity index is 1.79. The Labute approximate surface area is 113 Å². The minimum absolute atomic E-state index is 0.0839. The third-order valence-electron chi connectivity index (χ3n) is 3.02. The van der Waals surface area contributed by atoms with Gasteiger partial charge in [-0.2, -0.15) is 4.98 Å². The van der Waals surface area contributed by atoms with Crippen molar-refractivity contribution < 1.29 is 9.26 Å². The molecule has 19 heavy (non-hydrogen) atoms. The monoisotopic (exact) mass is 261 g/mol. The molecule has 0 amide bonds. The van der Waals surface area contributed by atoms with Gasteiger partial charge in [-0.15, -0.1) is 0 Å². The number of hydrogen-bond donors (Lipinski definition) is 0. The fraction of sp³-hybridized carbons (Fsp3) is 0.429. The number of hydrogen-bond acceptors (Lipinski definition) is 5. The van der Waals surface area contributed by atoms with Crippen molar-refractivity contribution >= 4 is 0 Å². The van der Waals surface area contributed by atoms with Crippen molar-refractivity contribution in [2.24, 2.45) is 0 Å². The van der Waals surface area contributed by atoms with Gasteiger partial charge in [0.2, 0.25) is 5.89 Å². The number of benzene rings is 1. The number of rotatable bonds is 6. The molecule has 0 radical (unpaired) electrons. The molecule has 0 bridgehead atoms. The second-order valence-corrected chi connectivity index (χ2v) is 4.50. The van der Waals surface area contributed by atoms with Crippen LogP contribution in [0.5, 0.6) is 5.75 Å². The van der Waals surface area contributed by atoms with Gasteiger partial charge in [-0.25, -0.2) is 0 Å². The number of ether oxygens (including phenoxy) is 1. The SMILES string of the molecule is Cc1noc([C@@H](C)N(C)CCOc2ccccc2)n1. The van der Waals surface area contributed by atoms with E-state index >= 15 is 0 Å². The van der Waals surface area contributed by atoms with Crippen molar-refractivity contribution in [3.8, 4) is 5.75 Å². The van der Waals surface area contributed by atoms with Crippen molar-refractivity contribution in [3.05, 3.63) is 42.0 Å². The Kier molecular flexibility index (Phi) is 4.52. The quantitative estimate of drug-likeness (QED) is 0.799. The van der Waals surface area contributed by atoms with Crippen LogP contribution in [0.1, 0.15) is 24.7 Å². The molecule has 1 aromatic heterocycles. The predicted molar refractivity (Wildman–Crippen MR) is 72.0 cm³/mol. The summed E-state index contributed by atoms with van der Waals surface area (Å²) in [5, 5.41) is 3.80. The zero-order chi connectivity index (χ0) is 13.7. The van der Waals surface area contributed by atoms with E-state index in [2.05, 4.69) is 15.0 Å². The van der Waals surface area contributed by atoms with Gasteiger partial charge in [0.25, 0.3) is 0 Å². The lowest BCUT2D eigenvalue weighted by Crippen LogP contribution is -2.27. The summed E-state index contributed by atoms with van der Waals surface area (Å²) in [6.07, 6.45) is 0. The van der Waals surface area contributed by atoms with Crippen LogP contribution in [0.3, 0.4) is 0 Å². The first kappa shape index (κ1) is 13.5. The van der Waals surface area contributed by atoms with Gasteiger partial charge >= 0.3 is 0 Å². The molecule has 0 aliphatic carbocycles. The average Bonchev–Trinajstić information content (AvgIpc) is 2.85. The molecule has 102 valence electrons. The van der Waals surface area contributed by atoms with E-state index in [0.717, 1.165) is 12.3 Å². The molecular formula is C14H19N3O2. The molecule has 0 fully saturated rings. The van der Waals surface area contributed by atoms with Crippen LogP contribution in [-0.2, 0) is 0 Å². The molecule has 0 spiro atoms. The molecule has 0 N–H and O–H groups in total. The van der Waals surface area contributed by atoms with E-state index in [1.165, 1.54) is 0 Å². The maximum absolute atomic E-state index is 5.66. The van der Waals surface area contributed by atoms with Crippen molar-refractivity contribution in [2.75, 3.05) is 20.2 Å². The van der Waals surface area contributed by atoms with Crippen LogP contribution in [0.15, 0.2) is 34.9 Å². The topological polar surface area (TPSA) is 51.4 Å². The Morgan fingerprint density at radius 3 is 2.68 bits per heavy atom. The lowest BCUT2D eigenvalue weighted by molar-refractivity contribution is 0.174. The molecule has 1 aromatic carbocycles. The minimum atomic E-state index is 0.0839. The molecule has 2 rings (SSSR count). The second-order valence-electron chi connectivity index (χ2n) is 4.50. The maximum atomic E-state index is 5.66. The van der Waals surface area contributed by atoms with Crippen LogP contribution in [0.2, 0.25) is 0 Å². The van der Waals surface area contributed by atoms with Crippen LogP contribution < -0.4 is 4.74 Å². The first-order valence-corrected chi connectivity index (χ1v) is 6.35. The summed E-state index contributed by atoms with van der Waals surface area (Å²) < 4.78 is 10.8. The third-order valence-corrected chi connectivity index (χ3v) is 3.02. The van der Waals surface area contributed by atoms with Gasteiger partial charge in [0.05, 0.1) is 6.04 Å². The Hall–Kier alpha value is -1.88. The smallest absolute Gasteiger partial charge is 0.243 e. The average molecular weight is 261 g/mol. The second kappa shape index (κ2) is 6.33. The van der Waals surface area contributed by atoms with Crippen LogP contribution >= 0.6 is 0 Å². The normalized spacial score (nSPS) is 12.6. The van der Waals surface area contributed by atoms with E-state index < -0.39 is 0 Å². The molecule has 0 aliphatic heterocycles. The predicted octanol–water partition coefficient (Wildman–Crippen LogP) is 2.45. The molecule has 1 atom stereocenters. The summed E-state index contributed by atoms with van der Waals surface area (Å²) in [5.74, 6) is 2.19. The molecule has 0 saturated carbocycles. The Morgan fingerprint density at radius 1 is 1.32 bits per heavy atom. The lowest BCUT2D eigenvalue weighted by Gasteiger charge is -2.21. The number of nitrogens with zero attached hydrogens (tertiary/aromatic N) is 3. The van der Waals surface area contributed by atoms with Crippen molar-refractivity contribution in [1.82, 2.24) is 15.0 Å². The van der Waals surface area contributed by atoms with Gasteiger partial charge in [0.15, 0.2) is 5.82 Å². The summed E-state index contributed by atoms with van der Waals surface area (Å²) in [4.78, 5) is 6.36. The van der Waals surface area contributed by atoms with E-state index in [4.69, 9.17) is 9.26 Å². The maximum Gasteiger partial charge on any atom is 0.243 e. The number of likely N-dealkylation sites (N-methyl/N-ethyl adjacent to an activating group) is 1. The number of aryl methyl sites for hydroxylation is 1. The molecule has 5 nitrogen and oxygen atoms in total. The van der Waals surface area contributed by atoms with Gasteiger partial charge in [-0.1, -0.05) is 23.4 Å². The van der Waals surface area contributed by atoms with E-state index in [0.29, 0.717) is 18.3 Å². The Morgan fingerprint density at radius 2 is 2.05 bits per heavy atom. The highest BCUT2D eigenvalue weighted by Gasteiger charge is 2.17. The van der Waals surface area contributed by atoms with Crippen molar-refractivity contribution in [1.29, 1.82) is 0 Å². The zero-order valence-electron chi connectivity index (χ0n) is 11.5. The van der Waals surface area contributed by atoms with Crippen LogP contribution in [0.25, 0.3) is 0 Å². The molecular weight excluding hydrogens is 242 g/mol. The van der Waals surface area contributed by atoms with Gasteiger partial charge in [-0.05, 0) is 33.0 Å². The Bertz CT molecular complexity index is 498. The van der Waals surface area contributed by atoms with Crippen molar-refractivity contribution in [2.45, 2.75) is 19.9 Å². The van der Waals surface area contributed by atoms with Gasteiger partial charge < -0.3 is 9.26 Å². The van der Waals surface area contributed by atoms with Gasteiger partial charge in [0.1, 0.15) is 12.4 Å². The highest BCUT2D eigenvalue weighted by molar-refractivity contribution is 5.20. The van der Waals surface area contributed by atoms with Gasteiger partial charge in [0, 0.05) is 6.54 Å². The molecule has 5 heteroatoms. The molecule has 0 saturated heterocycles. The summed E-state index contributed by atoms with van der Waals surface area (Å²) in [5.41, 5.74) is 0. The minimum Gasteiger partial charge on any atom is -0.492 e. The van der Waals surface area contributed by atoms with Crippen molar-refractivity contribution in [3.63, 3.8) is 0 Å². The fourth-order valence-corrected chi connectivity index (χ4v) is 1.69. The van der Waals surface area contributed by atoms with Crippen LogP contribution in [0.4, 0.5) is 0 Å². The highest BCUT2D eigenvalue weighted by Crippen LogP contribution is 2.16. The summed E-state index contributed by atoms with van der Waals surface area (Å²) in [7, 11) is 2.01. The standard InChI is InChI=1S/C14H19N3O2/c1-11(14-15-12(2)16-19-14)17(3)9-10-18-13-7-5-4-6-8-13/h4-8,11H,9-10H2,1-3H3/t11-/m1/s1. The summed E-state index contributed by atoms with van der Waals surface area (Å²) >= 11 is 0. The van der Waals surface area contributed by atoms with E-state index in [1.54, 1.807) is 0 Å². The van der Waals surface area contributed by atoms with E-state index in [1.807, 2.05) is 51.2 Å². The molecule has 1 heterocycles. The van der Waals surface area contributed by atoms with Gasteiger partial charge in [-0.3, -0.25) is 4.90 Å². The molecule has 0 aliphatic rings. The zero-order valence-corrected chi connectivity index (χ0v) is 11.5. The highest BCUT2D eigenvalue weighted by atomic mass is 16.5. The third kappa shape index (κ3) is 3.79. The summed E-state index contributed by atoms with van der Waals surface area (Å²) in [6, 6.07) is 9.88. The first-order valence-electron chi connectivity index (χ1n) is 6.35. The number of para-hydroxylation sites is 1. The van der Waals surface area contributed by atoms with Crippen LogP contribution in [-0.4, -0.2) is 35.2 Å². The fourth-order valence-electron chi connectivity index (χ4n) is 1.69. The van der Waals surface area contributed by atoms with E-state index in [-0.39, 0.29) is 6.04 Å². The van der Waals surface area contributed by atoms with Crippen LogP contribution in [0, 0.1) is 6.92 Å². The molecule has 0 unspecified atom stereocenters. The first-order chi connectivity index (χ1) is 9.16. The number of aromatic nitrogens is 2. The molecule has 2 aromatic rings. The van der Waals surface area contributed by atoms with E-state index in [9.17, 15) is 0 Å². The largest absolute Gasteiger partial charge is 0.492 e. The lowest BCUT2D eigenvalue weighted by atomic mass is 10.3. The summed E-state index contributed by atoms with van der Waals surface area (Å²) in [6.45, 7) is 5.27.